The van der Waals surface area contributed by atoms with Crippen molar-refractivity contribution in [1.29, 1.82) is 0 Å². The maximum Gasteiger partial charge on any atom is 0.236 e. The SMILES string of the molecule is COc1ccc(CN(C)C(=O)CN2CCNCC2c2nccn2C)cc1.Cl. The van der Waals surface area contributed by atoms with Crippen molar-refractivity contribution >= 4 is 18.3 Å². The summed E-state index contributed by atoms with van der Waals surface area (Å²) >= 11 is 0. The number of aryl methyl sites for hydroxylation is 1. The number of hydrogen-bond acceptors (Lipinski definition) is 5. The van der Waals surface area contributed by atoms with E-state index in [1.54, 1.807) is 18.2 Å². The number of hydrogen-bond donors (Lipinski definition) is 1. The van der Waals surface area contributed by atoms with E-state index in [0.717, 1.165) is 36.8 Å². The van der Waals surface area contributed by atoms with Crippen LogP contribution in [0.4, 0.5) is 0 Å². The Hall–Kier alpha value is -2.09. The van der Waals surface area contributed by atoms with Crippen molar-refractivity contribution in [3.8, 4) is 5.75 Å². The first-order valence-corrected chi connectivity index (χ1v) is 8.87. The molecule has 1 aromatic heterocycles. The number of carbonyl (C=O) groups is 1. The van der Waals surface area contributed by atoms with Crippen LogP contribution in [0.15, 0.2) is 36.7 Å². The largest absolute Gasteiger partial charge is 0.497 e. The summed E-state index contributed by atoms with van der Waals surface area (Å²) in [7, 11) is 5.49. The van der Waals surface area contributed by atoms with E-state index in [4.69, 9.17) is 4.74 Å². The quantitative estimate of drug-likeness (QED) is 0.805. The highest BCUT2D eigenvalue weighted by Gasteiger charge is 2.28. The van der Waals surface area contributed by atoms with Gasteiger partial charge in [0.25, 0.3) is 0 Å². The lowest BCUT2D eigenvalue weighted by atomic mass is 10.1. The average molecular weight is 394 g/mol. The molecule has 148 valence electrons. The number of likely N-dealkylation sites (N-methyl/N-ethyl adjacent to an activating group) is 1. The van der Waals surface area contributed by atoms with Gasteiger partial charge in [-0.2, -0.15) is 0 Å². The van der Waals surface area contributed by atoms with Gasteiger partial charge in [0.05, 0.1) is 19.7 Å². The zero-order chi connectivity index (χ0) is 18.5. The van der Waals surface area contributed by atoms with Gasteiger partial charge < -0.3 is 19.5 Å². The number of rotatable bonds is 6. The van der Waals surface area contributed by atoms with E-state index in [1.165, 1.54) is 0 Å². The lowest BCUT2D eigenvalue weighted by molar-refractivity contribution is -0.132. The molecule has 0 saturated carbocycles. The lowest BCUT2D eigenvalue weighted by Crippen LogP contribution is -2.50. The molecule has 0 radical (unpaired) electrons. The third-order valence-corrected chi connectivity index (χ3v) is 4.85. The molecule has 1 N–H and O–H groups in total. The highest BCUT2D eigenvalue weighted by Crippen LogP contribution is 2.20. The van der Waals surface area contributed by atoms with Crippen LogP contribution in [0.25, 0.3) is 0 Å². The maximum absolute atomic E-state index is 12.8. The fourth-order valence-corrected chi connectivity index (χ4v) is 3.28. The summed E-state index contributed by atoms with van der Waals surface area (Å²) in [4.78, 5) is 21.2. The Morgan fingerprint density at radius 1 is 1.37 bits per heavy atom. The third kappa shape index (κ3) is 5.22. The highest BCUT2D eigenvalue weighted by atomic mass is 35.5. The van der Waals surface area contributed by atoms with Crippen molar-refractivity contribution in [3.63, 3.8) is 0 Å². The second-order valence-electron chi connectivity index (χ2n) is 6.68. The molecule has 1 aliphatic rings. The average Bonchev–Trinajstić information content (AvgIpc) is 3.08. The van der Waals surface area contributed by atoms with Gasteiger partial charge in [-0.25, -0.2) is 4.98 Å². The normalized spacial score (nSPS) is 17.2. The van der Waals surface area contributed by atoms with Crippen LogP contribution in [-0.4, -0.2) is 65.6 Å². The summed E-state index contributed by atoms with van der Waals surface area (Å²) in [5.74, 6) is 1.92. The van der Waals surface area contributed by atoms with Gasteiger partial charge in [-0.15, -0.1) is 12.4 Å². The van der Waals surface area contributed by atoms with Gasteiger partial charge >= 0.3 is 0 Å². The Morgan fingerprint density at radius 2 is 2.11 bits per heavy atom. The minimum atomic E-state index is 0. The molecule has 3 rings (SSSR count). The molecule has 1 atom stereocenters. The number of amides is 1. The summed E-state index contributed by atoms with van der Waals surface area (Å²) in [6.45, 7) is 3.50. The Morgan fingerprint density at radius 3 is 2.74 bits per heavy atom. The van der Waals surface area contributed by atoms with E-state index in [9.17, 15) is 4.79 Å². The van der Waals surface area contributed by atoms with Gasteiger partial charge in [0, 0.05) is 52.7 Å². The zero-order valence-corrected chi connectivity index (χ0v) is 16.9. The monoisotopic (exact) mass is 393 g/mol. The van der Waals surface area contributed by atoms with E-state index >= 15 is 0 Å². The van der Waals surface area contributed by atoms with Crippen LogP contribution in [0.3, 0.4) is 0 Å². The van der Waals surface area contributed by atoms with Gasteiger partial charge in [0.15, 0.2) is 0 Å². The number of piperazine rings is 1. The minimum absolute atomic E-state index is 0. The number of halogens is 1. The van der Waals surface area contributed by atoms with Crippen LogP contribution in [0, 0.1) is 0 Å². The second-order valence-corrected chi connectivity index (χ2v) is 6.68. The van der Waals surface area contributed by atoms with Gasteiger partial charge in [-0.1, -0.05) is 12.1 Å². The minimum Gasteiger partial charge on any atom is -0.497 e. The van der Waals surface area contributed by atoms with Crippen LogP contribution in [-0.2, 0) is 18.4 Å². The molecule has 1 unspecified atom stereocenters. The first kappa shape index (κ1) is 21.2. The van der Waals surface area contributed by atoms with E-state index in [0.29, 0.717) is 13.1 Å². The van der Waals surface area contributed by atoms with Crippen LogP contribution >= 0.6 is 12.4 Å². The molecule has 27 heavy (non-hydrogen) atoms. The van der Waals surface area contributed by atoms with E-state index in [1.807, 2.05) is 49.1 Å². The molecule has 0 aliphatic carbocycles. The Bertz CT molecular complexity index is 734. The zero-order valence-electron chi connectivity index (χ0n) is 16.1. The summed E-state index contributed by atoms with van der Waals surface area (Å²) in [5, 5.41) is 3.40. The molecule has 0 bridgehead atoms. The van der Waals surface area contributed by atoms with Crippen molar-refractivity contribution in [2.24, 2.45) is 7.05 Å². The van der Waals surface area contributed by atoms with E-state index in [2.05, 4.69) is 15.2 Å². The molecule has 1 aliphatic heterocycles. The summed E-state index contributed by atoms with van der Waals surface area (Å²) in [5.41, 5.74) is 1.09. The van der Waals surface area contributed by atoms with Crippen molar-refractivity contribution in [2.75, 3.05) is 40.3 Å². The topological polar surface area (TPSA) is 62.6 Å². The molecule has 1 aromatic carbocycles. The van der Waals surface area contributed by atoms with Crippen molar-refractivity contribution in [1.82, 2.24) is 24.7 Å². The molecule has 0 spiro atoms. The molecule has 2 aromatic rings. The number of nitrogens with zero attached hydrogens (tertiary/aromatic N) is 4. The van der Waals surface area contributed by atoms with Crippen LogP contribution in [0.5, 0.6) is 5.75 Å². The number of ether oxygens (including phenoxy) is 1. The second kappa shape index (κ2) is 9.73. The third-order valence-electron chi connectivity index (χ3n) is 4.85. The van der Waals surface area contributed by atoms with Gasteiger partial charge in [0.1, 0.15) is 11.6 Å². The summed E-state index contributed by atoms with van der Waals surface area (Å²) in [6, 6.07) is 7.93. The van der Waals surface area contributed by atoms with Crippen molar-refractivity contribution in [2.45, 2.75) is 12.6 Å². The maximum atomic E-state index is 12.8. The van der Waals surface area contributed by atoms with Crippen LogP contribution < -0.4 is 10.1 Å². The van der Waals surface area contributed by atoms with E-state index < -0.39 is 0 Å². The first-order valence-electron chi connectivity index (χ1n) is 8.87. The fourth-order valence-electron chi connectivity index (χ4n) is 3.28. The molecule has 8 heteroatoms. The van der Waals surface area contributed by atoms with Crippen molar-refractivity contribution < 1.29 is 9.53 Å². The first-order chi connectivity index (χ1) is 12.6. The Kier molecular flexibility index (Phi) is 7.65. The van der Waals surface area contributed by atoms with Crippen LogP contribution in [0.1, 0.15) is 17.4 Å². The van der Waals surface area contributed by atoms with Crippen molar-refractivity contribution in [3.05, 3.63) is 48.0 Å². The van der Waals surface area contributed by atoms with Gasteiger partial charge in [-0.3, -0.25) is 9.69 Å². The van der Waals surface area contributed by atoms with Crippen LogP contribution in [0.2, 0.25) is 0 Å². The molecular formula is C19H28ClN5O2. The number of aromatic nitrogens is 2. The van der Waals surface area contributed by atoms with Gasteiger partial charge in [0.2, 0.25) is 5.91 Å². The molecule has 1 amide bonds. The number of imidazole rings is 1. The number of carbonyl (C=O) groups excluding carboxylic acids is 1. The Labute approximate surface area is 166 Å². The van der Waals surface area contributed by atoms with E-state index in [-0.39, 0.29) is 24.4 Å². The lowest BCUT2D eigenvalue weighted by Gasteiger charge is -2.36. The summed E-state index contributed by atoms with van der Waals surface area (Å²) in [6.07, 6.45) is 3.75. The molecule has 7 nitrogen and oxygen atoms in total. The predicted octanol–water partition coefficient (Wildman–Crippen LogP) is 1.46. The number of nitrogens with one attached hydrogen (secondary N) is 1. The molecule has 1 fully saturated rings. The molecular weight excluding hydrogens is 366 g/mol. The standard InChI is InChI=1S/C19H27N5O2.ClH/c1-22-10-9-21-19(22)17-12-20-8-11-24(17)14-18(25)23(2)13-15-4-6-16(26-3)7-5-15;/h4-7,9-10,17,20H,8,11-14H2,1-3H3;1H. The number of benzene rings is 1. The highest BCUT2D eigenvalue weighted by molar-refractivity contribution is 5.85. The molecule has 1 saturated heterocycles. The fraction of sp³-hybridized carbons (Fsp3) is 0.474. The smallest absolute Gasteiger partial charge is 0.236 e. The van der Waals surface area contributed by atoms with Gasteiger partial charge in [-0.05, 0) is 17.7 Å². The summed E-state index contributed by atoms with van der Waals surface area (Å²) < 4.78 is 7.20. The predicted molar refractivity (Wildman–Crippen MR) is 107 cm³/mol. The molecule has 2 heterocycles. The number of methoxy groups -OCH3 is 1. The Balaban J connectivity index is 0.00000261.